The van der Waals surface area contributed by atoms with Gasteiger partial charge in [-0.15, -0.1) is 0 Å². The van der Waals surface area contributed by atoms with E-state index in [0.29, 0.717) is 25.6 Å². The Hall–Kier alpha value is -2.38. The highest BCUT2D eigenvalue weighted by Gasteiger charge is 2.36. The summed E-state index contributed by atoms with van der Waals surface area (Å²) >= 11 is 0. The van der Waals surface area contributed by atoms with Gasteiger partial charge in [-0.3, -0.25) is 9.59 Å². The smallest absolute Gasteiger partial charge is 0.245 e. The van der Waals surface area contributed by atoms with Crippen molar-refractivity contribution in [1.29, 1.82) is 0 Å². The third-order valence-corrected chi connectivity index (χ3v) is 4.89. The van der Waals surface area contributed by atoms with Crippen molar-refractivity contribution in [2.24, 2.45) is 0 Å². The van der Waals surface area contributed by atoms with Gasteiger partial charge in [-0.2, -0.15) is 4.98 Å². The number of rotatable bonds is 3. The molecular formula is C17H26N6O2. The van der Waals surface area contributed by atoms with Crippen LogP contribution in [0, 0.1) is 0 Å². The van der Waals surface area contributed by atoms with Gasteiger partial charge in [0.1, 0.15) is 11.9 Å². The van der Waals surface area contributed by atoms with E-state index < -0.39 is 0 Å². The molecule has 1 aromatic heterocycles. The first kappa shape index (κ1) is 17.4. The highest BCUT2D eigenvalue weighted by molar-refractivity contribution is 5.87. The summed E-state index contributed by atoms with van der Waals surface area (Å²) in [5.74, 6) is 1.65. The maximum absolute atomic E-state index is 12.8. The van der Waals surface area contributed by atoms with Crippen LogP contribution in [0.15, 0.2) is 12.3 Å². The normalized spacial score (nSPS) is 20.8. The number of aromatic nitrogens is 2. The molecule has 2 aliphatic rings. The van der Waals surface area contributed by atoms with Crippen molar-refractivity contribution >= 4 is 23.6 Å². The first-order valence-corrected chi connectivity index (χ1v) is 8.78. The van der Waals surface area contributed by atoms with Crippen molar-refractivity contribution in [2.75, 3.05) is 56.6 Å². The zero-order chi connectivity index (χ0) is 18.0. The first-order valence-electron chi connectivity index (χ1n) is 8.78. The largest absolute Gasteiger partial charge is 0.353 e. The Bertz CT molecular complexity index is 642. The summed E-state index contributed by atoms with van der Waals surface area (Å²) in [5, 5.41) is 0. The molecule has 8 heteroatoms. The maximum Gasteiger partial charge on any atom is 0.245 e. The molecule has 25 heavy (non-hydrogen) atoms. The molecule has 2 saturated heterocycles. The molecule has 1 aromatic rings. The molecule has 136 valence electrons. The van der Waals surface area contributed by atoms with Gasteiger partial charge in [-0.25, -0.2) is 4.98 Å². The Labute approximate surface area is 148 Å². The molecule has 0 unspecified atom stereocenters. The van der Waals surface area contributed by atoms with Crippen molar-refractivity contribution < 1.29 is 9.59 Å². The predicted molar refractivity (Wildman–Crippen MR) is 95.6 cm³/mol. The first-order chi connectivity index (χ1) is 12.0. The topological polar surface area (TPSA) is 72.9 Å². The lowest BCUT2D eigenvalue weighted by Crippen LogP contribution is -2.54. The number of carbonyl (C=O) groups excluding carboxylic acids is 2. The van der Waals surface area contributed by atoms with E-state index in [4.69, 9.17) is 0 Å². The van der Waals surface area contributed by atoms with Crippen LogP contribution >= 0.6 is 0 Å². The number of carbonyl (C=O) groups is 2. The van der Waals surface area contributed by atoms with Crippen LogP contribution in [0.3, 0.4) is 0 Å². The summed E-state index contributed by atoms with van der Waals surface area (Å²) in [5.41, 5.74) is 0. The summed E-state index contributed by atoms with van der Waals surface area (Å²) in [6.45, 7) is 5.02. The average molecular weight is 346 g/mol. The standard InChI is InChI=1S/C17H26N6O2/c1-13(24)23-8-4-5-14(23)16(25)22-11-9-21(10-12-22)15-6-7-18-17(19-15)20(2)3/h6-7,14H,4-5,8-12H2,1-3H3/t14-/m0/s1. The number of nitrogens with zero attached hydrogens (tertiary/aromatic N) is 6. The molecule has 0 spiro atoms. The van der Waals surface area contributed by atoms with E-state index in [1.54, 1.807) is 18.0 Å². The summed E-state index contributed by atoms with van der Waals surface area (Å²) in [4.78, 5) is 40.9. The summed E-state index contributed by atoms with van der Waals surface area (Å²) < 4.78 is 0. The van der Waals surface area contributed by atoms with Gasteiger partial charge in [0, 0.05) is 59.9 Å². The highest BCUT2D eigenvalue weighted by Crippen LogP contribution is 2.21. The van der Waals surface area contributed by atoms with Crippen LogP contribution in [-0.2, 0) is 9.59 Å². The van der Waals surface area contributed by atoms with Crippen LogP contribution in [0.4, 0.5) is 11.8 Å². The van der Waals surface area contributed by atoms with Crippen molar-refractivity contribution in [2.45, 2.75) is 25.8 Å². The van der Waals surface area contributed by atoms with Gasteiger partial charge in [0.15, 0.2) is 0 Å². The second kappa shape index (κ2) is 7.25. The second-order valence-corrected chi connectivity index (χ2v) is 6.79. The Morgan fingerprint density at radius 3 is 2.52 bits per heavy atom. The lowest BCUT2D eigenvalue weighted by atomic mass is 10.1. The Balaban J connectivity index is 1.61. The molecule has 3 rings (SSSR count). The fourth-order valence-electron chi connectivity index (χ4n) is 3.50. The third kappa shape index (κ3) is 3.67. The molecule has 3 heterocycles. The van der Waals surface area contributed by atoms with Gasteiger partial charge in [-0.05, 0) is 18.9 Å². The van der Waals surface area contributed by atoms with Gasteiger partial charge >= 0.3 is 0 Å². The predicted octanol–water partition coefficient (Wildman–Crippen LogP) is 0.202. The Morgan fingerprint density at radius 2 is 1.88 bits per heavy atom. The van der Waals surface area contributed by atoms with Crippen LogP contribution in [-0.4, -0.2) is 84.4 Å². The molecule has 0 aliphatic carbocycles. The number of likely N-dealkylation sites (tertiary alicyclic amines) is 1. The quantitative estimate of drug-likeness (QED) is 0.779. The molecule has 2 aliphatic heterocycles. The molecule has 0 radical (unpaired) electrons. The lowest BCUT2D eigenvalue weighted by Gasteiger charge is -2.37. The minimum atomic E-state index is -0.275. The van der Waals surface area contributed by atoms with E-state index in [9.17, 15) is 9.59 Å². The molecule has 0 N–H and O–H groups in total. The van der Waals surface area contributed by atoms with Gasteiger partial charge < -0.3 is 19.6 Å². The molecule has 0 saturated carbocycles. The number of piperazine rings is 1. The zero-order valence-electron chi connectivity index (χ0n) is 15.2. The van der Waals surface area contributed by atoms with Gasteiger partial charge in [-0.1, -0.05) is 0 Å². The van der Waals surface area contributed by atoms with E-state index in [1.807, 2.05) is 30.0 Å². The van der Waals surface area contributed by atoms with Crippen LogP contribution in [0.25, 0.3) is 0 Å². The van der Waals surface area contributed by atoms with Crippen molar-refractivity contribution in [3.8, 4) is 0 Å². The summed E-state index contributed by atoms with van der Waals surface area (Å²) in [7, 11) is 3.83. The van der Waals surface area contributed by atoms with Crippen LogP contribution < -0.4 is 9.80 Å². The fourth-order valence-corrected chi connectivity index (χ4v) is 3.50. The van der Waals surface area contributed by atoms with Crippen LogP contribution in [0.2, 0.25) is 0 Å². The van der Waals surface area contributed by atoms with Crippen molar-refractivity contribution in [3.05, 3.63) is 12.3 Å². The van der Waals surface area contributed by atoms with E-state index in [1.165, 1.54) is 0 Å². The molecule has 0 aromatic carbocycles. The third-order valence-electron chi connectivity index (χ3n) is 4.89. The van der Waals surface area contributed by atoms with E-state index in [-0.39, 0.29) is 17.9 Å². The van der Waals surface area contributed by atoms with Gasteiger partial charge in [0.05, 0.1) is 0 Å². The number of hydrogen-bond donors (Lipinski definition) is 0. The van der Waals surface area contributed by atoms with Crippen molar-refractivity contribution in [3.63, 3.8) is 0 Å². The SMILES string of the molecule is CC(=O)N1CCC[C@H]1C(=O)N1CCN(c2ccnc(N(C)C)n2)CC1. The Kier molecular flexibility index (Phi) is 5.06. The summed E-state index contributed by atoms with van der Waals surface area (Å²) in [6.07, 6.45) is 3.44. The lowest BCUT2D eigenvalue weighted by molar-refractivity contribution is -0.143. The molecule has 2 amide bonds. The molecule has 0 bridgehead atoms. The Morgan fingerprint density at radius 1 is 1.16 bits per heavy atom. The van der Waals surface area contributed by atoms with Gasteiger partial charge in [0.2, 0.25) is 17.8 Å². The maximum atomic E-state index is 12.8. The molecule has 1 atom stereocenters. The zero-order valence-corrected chi connectivity index (χ0v) is 15.2. The van der Waals surface area contributed by atoms with E-state index in [2.05, 4.69) is 14.9 Å². The van der Waals surface area contributed by atoms with Gasteiger partial charge in [0.25, 0.3) is 0 Å². The van der Waals surface area contributed by atoms with E-state index in [0.717, 1.165) is 31.7 Å². The van der Waals surface area contributed by atoms with Crippen LogP contribution in [0.1, 0.15) is 19.8 Å². The molecule has 2 fully saturated rings. The van der Waals surface area contributed by atoms with Crippen LogP contribution in [0.5, 0.6) is 0 Å². The minimum absolute atomic E-state index is 0.00770. The highest BCUT2D eigenvalue weighted by atomic mass is 16.2. The summed E-state index contributed by atoms with van der Waals surface area (Å²) in [6, 6.07) is 1.63. The molecular weight excluding hydrogens is 320 g/mol. The number of amides is 2. The number of hydrogen-bond acceptors (Lipinski definition) is 6. The average Bonchev–Trinajstić information content (AvgIpc) is 3.11. The minimum Gasteiger partial charge on any atom is -0.353 e. The fraction of sp³-hybridized carbons (Fsp3) is 0.647. The molecule has 8 nitrogen and oxygen atoms in total. The van der Waals surface area contributed by atoms with E-state index >= 15 is 0 Å². The second-order valence-electron chi connectivity index (χ2n) is 6.79. The monoisotopic (exact) mass is 346 g/mol. The number of anilines is 2. The van der Waals surface area contributed by atoms with Crippen molar-refractivity contribution in [1.82, 2.24) is 19.8 Å².